The van der Waals surface area contributed by atoms with Gasteiger partial charge in [0.1, 0.15) is 0 Å². The van der Waals surface area contributed by atoms with E-state index in [-0.39, 0.29) is 0 Å². The van der Waals surface area contributed by atoms with Crippen LogP contribution < -0.4 is 0 Å². The number of aromatic nitrogens is 2. The summed E-state index contributed by atoms with van der Waals surface area (Å²) in [5, 5.41) is 9.89. The summed E-state index contributed by atoms with van der Waals surface area (Å²) in [5.74, 6) is -0.914. The van der Waals surface area contributed by atoms with Gasteiger partial charge in [-0.1, -0.05) is 23.9 Å². The van der Waals surface area contributed by atoms with Gasteiger partial charge in [-0.3, -0.25) is 0 Å². The number of carboxylic acid groups (broad SMARTS) is 1. The van der Waals surface area contributed by atoms with Gasteiger partial charge in [-0.2, -0.15) is 0 Å². The summed E-state index contributed by atoms with van der Waals surface area (Å²) in [4.78, 5) is 16.0. The minimum atomic E-state index is -0.914. The molecule has 1 aromatic carbocycles. The zero-order valence-corrected chi connectivity index (χ0v) is 10.1. The third-order valence-corrected chi connectivity index (χ3v) is 3.44. The Morgan fingerprint density at radius 1 is 1.47 bits per heavy atom. The van der Waals surface area contributed by atoms with Gasteiger partial charge < -0.3 is 9.67 Å². The van der Waals surface area contributed by atoms with Crippen molar-refractivity contribution in [3.63, 3.8) is 0 Å². The Kier molecular flexibility index (Phi) is 3.49. The molecule has 0 amide bonds. The second-order valence-electron chi connectivity index (χ2n) is 3.40. The Bertz CT molecular complexity index is 537. The van der Waals surface area contributed by atoms with Crippen LogP contribution in [0.5, 0.6) is 0 Å². The van der Waals surface area contributed by atoms with E-state index in [1.165, 1.54) is 11.8 Å². The number of nitrogens with zero attached hydrogens (tertiary/aromatic N) is 2. The zero-order valence-electron chi connectivity index (χ0n) is 9.33. The van der Waals surface area contributed by atoms with Crippen LogP contribution in [0.1, 0.15) is 17.3 Å². The van der Waals surface area contributed by atoms with E-state index in [0.717, 1.165) is 11.7 Å². The Morgan fingerprint density at radius 2 is 2.24 bits per heavy atom. The van der Waals surface area contributed by atoms with Gasteiger partial charge in [0.2, 0.25) is 0 Å². The molecular weight excluding hydrogens is 236 g/mol. The standard InChI is InChI=1S/C12H12N2O2S/c1-2-14-8-7-13-12(14)17-10-6-4-3-5-9(10)11(15)16/h3-8H,2H2,1H3,(H,15,16). The molecule has 0 aliphatic rings. The van der Waals surface area contributed by atoms with Crippen molar-refractivity contribution in [1.82, 2.24) is 9.55 Å². The Balaban J connectivity index is 2.33. The van der Waals surface area contributed by atoms with E-state index in [9.17, 15) is 4.79 Å². The molecule has 5 heteroatoms. The molecule has 1 aromatic heterocycles. The third kappa shape index (κ3) is 2.50. The van der Waals surface area contributed by atoms with E-state index in [1.807, 2.05) is 23.8 Å². The predicted octanol–water partition coefficient (Wildman–Crippen LogP) is 2.75. The molecule has 0 fully saturated rings. The highest BCUT2D eigenvalue weighted by atomic mass is 32.2. The second-order valence-corrected chi connectivity index (χ2v) is 4.41. The van der Waals surface area contributed by atoms with Crippen molar-refractivity contribution in [1.29, 1.82) is 0 Å². The van der Waals surface area contributed by atoms with Crippen LogP contribution in [0, 0.1) is 0 Å². The molecule has 0 bridgehead atoms. The Morgan fingerprint density at radius 3 is 2.94 bits per heavy atom. The average molecular weight is 248 g/mol. The molecule has 88 valence electrons. The van der Waals surface area contributed by atoms with Crippen LogP contribution in [0.4, 0.5) is 0 Å². The SMILES string of the molecule is CCn1ccnc1Sc1ccccc1C(=O)O. The molecule has 1 heterocycles. The smallest absolute Gasteiger partial charge is 0.336 e. The molecule has 0 aliphatic carbocycles. The summed E-state index contributed by atoms with van der Waals surface area (Å²) in [6.45, 7) is 2.84. The van der Waals surface area contributed by atoms with Gasteiger partial charge in [0.15, 0.2) is 5.16 Å². The molecule has 4 nitrogen and oxygen atoms in total. The predicted molar refractivity (Wildman–Crippen MR) is 65.4 cm³/mol. The van der Waals surface area contributed by atoms with Gasteiger partial charge in [0.25, 0.3) is 0 Å². The maximum atomic E-state index is 11.1. The summed E-state index contributed by atoms with van der Waals surface area (Å²) in [6.07, 6.45) is 3.60. The zero-order chi connectivity index (χ0) is 12.3. The van der Waals surface area contributed by atoms with Crippen molar-refractivity contribution >= 4 is 17.7 Å². The molecule has 0 spiro atoms. The van der Waals surface area contributed by atoms with Crippen molar-refractivity contribution < 1.29 is 9.90 Å². The minimum Gasteiger partial charge on any atom is -0.478 e. The maximum absolute atomic E-state index is 11.1. The highest BCUT2D eigenvalue weighted by Gasteiger charge is 2.12. The molecule has 0 saturated heterocycles. The first-order valence-electron chi connectivity index (χ1n) is 5.23. The van der Waals surface area contributed by atoms with Crippen molar-refractivity contribution in [3.05, 3.63) is 42.2 Å². The third-order valence-electron chi connectivity index (χ3n) is 2.34. The van der Waals surface area contributed by atoms with Gasteiger partial charge in [-0.15, -0.1) is 0 Å². The fourth-order valence-electron chi connectivity index (χ4n) is 1.47. The lowest BCUT2D eigenvalue weighted by Gasteiger charge is -2.06. The molecule has 2 aromatic rings. The van der Waals surface area contributed by atoms with Gasteiger partial charge in [-0.25, -0.2) is 9.78 Å². The normalized spacial score (nSPS) is 10.4. The van der Waals surface area contributed by atoms with E-state index in [1.54, 1.807) is 24.4 Å². The number of hydrogen-bond acceptors (Lipinski definition) is 3. The lowest BCUT2D eigenvalue weighted by Crippen LogP contribution is -2.00. The molecule has 0 atom stereocenters. The number of hydrogen-bond donors (Lipinski definition) is 1. The number of aromatic carboxylic acids is 1. The first kappa shape index (κ1) is 11.7. The van der Waals surface area contributed by atoms with Crippen LogP contribution in [0.25, 0.3) is 0 Å². The summed E-state index contributed by atoms with van der Waals surface area (Å²) in [5.41, 5.74) is 0.308. The Labute approximate surface area is 103 Å². The van der Waals surface area contributed by atoms with E-state index in [0.29, 0.717) is 10.5 Å². The summed E-state index contributed by atoms with van der Waals surface area (Å²) in [7, 11) is 0. The molecule has 17 heavy (non-hydrogen) atoms. The van der Waals surface area contributed by atoms with Crippen LogP contribution in [0.3, 0.4) is 0 Å². The average Bonchev–Trinajstić information content (AvgIpc) is 2.77. The van der Waals surface area contributed by atoms with Gasteiger partial charge >= 0.3 is 5.97 Å². The number of benzene rings is 1. The molecule has 1 N–H and O–H groups in total. The molecule has 0 aliphatic heterocycles. The fourth-order valence-corrected chi connectivity index (χ4v) is 2.50. The van der Waals surface area contributed by atoms with E-state index < -0.39 is 5.97 Å². The summed E-state index contributed by atoms with van der Waals surface area (Å²) in [6, 6.07) is 6.94. The highest BCUT2D eigenvalue weighted by Crippen LogP contribution is 2.29. The molecule has 0 unspecified atom stereocenters. The van der Waals surface area contributed by atoms with E-state index >= 15 is 0 Å². The van der Waals surface area contributed by atoms with Crippen molar-refractivity contribution in [3.8, 4) is 0 Å². The lowest BCUT2D eigenvalue weighted by molar-refractivity contribution is 0.0693. The van der Waals surface area contributed by atoms with Crippen LogP contribution in [0.15, 0.2) is 46.7 Å². The number of rotatable bonds is 4. The van der Waals surface area contributed by atoms with Crippen LogP contribution in [0.2, 0.25) is 0 Å². The fraction of sp³-hybridized carbons (Fsp3) is 0.167. The topological polar surface area (TPSA) is 55.1 Å². The largest absolute Gasteiger partial charge is 0.478 e. The quantitative estimate of drug-likeness (QED) is 0.904. The highest BCUT2D eigenvalue weighted by molar-refractivity contribution is 7.99. The van der Waals surface area contributed by atoms with Crippen LogP contribution >= 0.6 is 11.8 Å². The minimum absolute atomic E-state index is 0.308. The number of carbonyl (C=O) groups is 1. The van der Waals surface area contributed by atoms with Gasteiger partial charge in [-0.05, 0) is 19.1 Å². The number of carboxylic acids is 1. The maximum Gasteiger partial charge on any atom is 0.336 e. The molecule has 0 saturated carbocycles. The molecular formula is C12H12N2O2S. The lowest BCUT2D eigenvalue weighted by atomic mass is 10.2. The summed E-state index contributed by atoms with van der Waals surface area (Å²) >= 11 is 1.37. The molecule has 2 rings (SSSR count). The second kappa shape index (κ2) is 5.05. The van der Waals surface area contributed by atoms with Crippen LogP contribution in [-0.2, 0) is 6.54 Å². The summed E-state index contributed by atoms with van der Waals surface area (Å²) < 4.78 is 1.98. The Hall–Kier alpha value is -1.75. The number of imidazole rings is 1. The van der Waals surface area contributed by atoms with Crippen molar-refractivity contribution in [2.75, 3.05) is 0 Å². The van der Waals surface area contributed by atoms with E-state index in [2.05, 4.69) is 4.98 Å². The van der Waals surface area contributed by atoms with Crippen molar-refractivity contribution in [2.24, 2.45) is 0 Å². The van der Waals surface area contributed by atoms with Crippen LogP contribution in [-0.4, -0.2) is 20.6 Å². The van der Waals surface area contributed by atoms with E-state index in [4.69, 9.17) is 5.11 Å². The van der Waals surface area contributed by atoms with Gasteiger partial charge in [0, 0.05) is 23.8 Å². The van der Waals surface area contributed by atoms with Gasteiger partial charge in [0.05, 0.1) is 5.56 Å². The molecule has 0 radical (unpaired) electrons. The first-order valence-corrected chi connectivity index (χ1v) is 6.05. The number of aryl methyl sites for hydroxylation is 1. The van der Waals surface area contributed by atoms with Crippen molar-refractivity contribution in [2.45, 2.75) is 23.5 Å². The first-order chi connectivity index (χ1) is 8.22. The monoisotopic (exact) mass is 248 g/mol.